The molecule has 0 spiro atoms. The van der Waals surface area contributed by atoms with Crippen molar-refractivity contribution >= 4 is 46.9 Å². The lowest BCUT2D eigenvalue weighted by atomic mass is 10.0. The number of carbonyl (C=O) groups is 1. The number of hydrogen-bond donors (Lipinski definition) is 1. The predicted molar refractivity (Wildman–Crippen MR) is 81.4 cm³/mol. The van der Waals surface area contributed by atoms with Gasteiger partial charge in [-0.3, -0.25) is 4.90 Å². The monoisotopic (exact) mass is 337 g/mol. The summed E-state index contributed by atoms with van der Waals surface area (Å²) in [5.74, 6) is 0.420. The summed E-state index contributed by atoms with van der Waals surface area (Å²) in [6.07, 6.45) is 0. The van der Waals surface area contributed by atoms with Crippen molar-refractivity contribution in [3.05, 3.63) is 29.8 Å². The molecule has 1 fully saturated rings. The Kier molecular flexibility index (Phi) is 4.69. The number of hydrazine groups is 1. The molecule has 1 aromatic rings. The topological polar surface area (TPSA) is 35.6 Å². The average Bonchev–Trinajstić information content (AvgIpc) is 2.69. The van der Waals surface area contributed by atoms with Crippen molar-refractivity contribution in [2.75, 3.05) is 11.6 Å². The van der Waals surface area contributed by atoms with Gasteiger partial charge in [0.2, 0.25) is 0 Å². The van der Waals surface area contributed by atoms with Crippen molar-refractivity contribution in [2.24, 2.45) is 0 Å². The molecule has 0 radical (unpaired) electrons. The Bertz CT molecular complexity index is 492. The fraction of sp³-hybridized carbons (Fsp3) is 0.417. The number of nitrogens with one attached hydrogen (secondary N) is 1. The maximum atomic E-state index is 13.1. The van der Waals surface area contributed by atoms with Crippen LogP contribution in [0.15, 0.2) is 24.3 Å². The number of amides is 2. The van der Waals surface area contributed by atoms with Crippen molar-refractivity contribution in [1.29, 1.82) is 0 Å². The Morgan fingerprint density at radius 2 is 1.95 bits per heavy atom. The lowest BCUT2D eigenvalue weighted by Crippen LogP contribution is -2.31. The molecule has 1 aliphatic rings. The van der Waals surface area contributed by atoms with E-state index in [0.717, 1.165) is 10.1 Å². The van der Waals surface area contributed by atoms with Crippen LogP contribution in [0, 0.1) is 0 Å². The lowest BCUT2D eigenvalue weighted by molar-refractivity contribution is 0.235. The molecule has 0 bridgehead atoms. The quantitative estimate of drug-likeness (QED) is 0.659. The Morgan fingerprint density at radius 3 is 2.45 bits per heavy atom. The number of nitrogens with zero attached hydrogens (tertiary/aromatic N) is 2. The van der Waals surface area contributed by atoms with Gasteiger partial charge in [0.05, 0.1) is 6.67 Å². The molecule has 0 aromatic heterocycles. The zero-order valence-corrected chi connectivity index (χ0v) is 13.3. The van der Waals surface area contributed by atoms with E-state index in [4.69, 9.17) is 23.2 Å². The number of urea groups is 1. The molecule has 0 aliphatic carbocycles. The van der Waals surface area contributed by atoms with Gasteiger partial charge in [-0.05, 0) is 23.6 Å². The molecule has 20 heavy (non-hydrogen) atoms. The highest BCUT2D eigenvalue weighted by Gasteiger charge is 2.37. The number of alkyl halides is 3. The molecule has 0 saturated carbocycles. The van der Waals surface area contributed by atoms with Crippen LogP contribution in [0.3, 0.4) is 0 Å². The van der Waals surface area contributed by atoms with E-state index in [1.165, 1.54) is 10.5 Å². The van der Waals surface area contributed by atoms with E-state index in [1.807, 2.05) is 24.3 Å². The van der Waals surface area contributed by atoms with Gasteiger partial charge in [-0.25, -0.2) is 4.79 Å². The van der Waals surface area contributed by atoms with Crippen LogP contribution in [0.4, 0.5) is 14.9 Å². The Hall–Kier alpha value is -0.690. The molecule has 110 valence electrons. The van der Waals surface area contributed by atoms with E-state index in [9.17, 15) is 9.18 Å². The highest BCUT2D eigenvalue weighted by atomic mass is 35.5. The molecule has 1 aromatic carbocycles. The summed E-state index contributed by atoms with van der Waals surface area (Å²) in [5.41, 5.74) is 4.62. The molecule has 0 unspecified atom stereocenters. The first-order valence-electron chi connectivity index (χ1n) is 5.99. The second kappa shape index (κ2) is 5.97. The Labute approximate surface area is 131 Å². The summed E-state index contributed by atoms with van der Waals surface area (Å²) in [5, 5.41) is 0. The number of halogens is 3. The summed E-state index contributed by atoms with van der Waals surface area (Å²) < 4.78 is 11.6. The van der Waals surface area contributed by atoms with E-state index < -0.39 is 9.95 Å². The molecule has 1 heterocycles. The van der Waals surface area contributed by atoms with Gasteiger partial charge >= 0.3 is 9.95 Å². The molecular formula is C12H14Cl2FN3OS. The number of hydrogen-bond acceptors (Lipinski definition) is 3. The predicted octanol–water partition coefficient (Wildman–Crippen LogP) is 4.22. The van der Waals surface area contributed by atoms with Gasteiger partial charge in [0.1, 0.15) is 0 Å². The van der Waals surface area contributed by atoms with E-state index in [1.54, 1.807) is 0 Å². The van der Waals surface area contributed by atoms with E-state index >= 15 is 0 Å². The summed E-state index contributed by atoms with van der Waals surface area (Å²) in [7, 11) is 0. The van der Waals surface area contributed by atoms with Crippen LogP contribution in [-0.4, -0.2) is 21.0 Å². The molecule has 0 atom stereocenters. The first kappa shape index (κ1) is 15.7. The summed E-state index contributed by atoms with van der Waals surface area (Å²) in [6, 6.07) is 7.22. The molecule has 4 nitrogen and oxygen atoms in total. The molecule has 1 N–H and O–H groups in total. The SMILES string of the molecule is CC(C)c1ccc(N2CNN(SC(F)(Cl)Cl)C2=O)cc1. The van der Waals surface area contributed by atoms with Gasteiger partial charge in [-0.15, -0.1) is 0 Å². The van der Waals surface area contributed by atoms with E-state index in [2.05, 4.69) is 19.3 Å². The minimum Gasteiger partial charge on any atom is -0.278 e. The Morgan fingerprint density at radius 1 is 1.35 bits per heavy atom. The third-order valence-corrected chi connectivity index (χ3v) is 3.93. The average molecular weight is 338 g/mol. The van der Waals surface area contributed by atoms with Crippen molar-refractivity contribution in [3.8, 4) is 0 Å². The van der Waals surface area contributed by atoms with E-state index in [-0.39, 0.29) is 6.67 Å². The maximum absolute atomic E-state index is 13.1. The molecule has 2 amide bonds. The highest BCUT2D eigenvalue weighted by Crippen LogP contribution is 2.39. The third-order valence-electron chi connectivity index (χ3n) is 2.84. The summed E-state index contributed by atoms with van der Waals surface area (Å²) in [4.78, 5) is 13.6. The fourth-order valence-electron chi connectivity index (χ4n) is 1.80. The van der Waals surface area contributed by atoms with Crippen LogP contribution < -0.4 is 10.3 Å². The van der Waals surface area contributed by atoms with Gasteiger partial charge in [-0.2, -0.15) is 14.2 Å². The zero-order valence-electron chi connectivity index (χ0n) is 10.9. The number of anilines is 1. The number of rotatable bonds is 4. The van der Waals surface area contributed by atoms with Crippen LogP contribution in [-0.2, 0) is 0 Å². The minimum atomic E-state index is -2.56. The maximum Gasteiger partial charge on any atom is 0.350 e. The second-order valence-corrected chi connectivity index (χ2v) is 7.40. The first-order valence-corrected chi connectivity index (χ1v) is 7.52. The van der Waals surface area contributed by atoms with Crippen LogP contribution in [0.25, 0.3) is 0 Å². The molecular weight excluding hydrogens is 324 g/mol. The van der Waals surface area contributed by atoms with Crippen molar-refractivity contribution in [1.82, 2.24) is 9.84 Å². The van der Waals surface area contributed by atoms with Crippen LogP contribution in [0.1, 0.15) is 25.3 Å². The lowest BCUT2D eigenvalue weighted by Gasteiger charge is -2.18. The van der Waals surface area contributed by atoms with Crippen molar-refractivity contribution < 1.29 is 9.18 Å². The highest BCUT2D eigenvalue weighted by molar-refractivity contribution is 8.01. The van der Waals surface area contributed by atoms with Crippen LogP contribution in [0.2, 0.25) is 0 Å². The molecule has 8 heteroatoms. The first-order chi connectivity index (χ1) is 9.28. The van der Waals surface area contributed by atoms with Gasteiger partial charge in [0, 0.05) is 17.6 Å². The van der Waals surface area contributed by atoms with Crippen molar-refractivity contribution in [3.63, 3.8) is 0 Å². The fourth-order valence-corrected chi connectivity index (χ4v) is 2.72. The van der Waals surface area contributed by atoms with Crippen molar-refractivity contribution in [2.45, 2.75) is 23.7 Å². The number of benzene rings is 1. The molecule has 2 rings (SSSR count). The van der Waals surface area contributed by atoms with Crippen LogP contribution >= 0.6 is 35.1 Å². The normalized spacial score (nSPS) is 16.4. The summed E-state index contributed by atoms with van der Waals surface area (Å²) in [6.45, 7) is 4.42. The molecule has 1 saturated heterocycles. The van der Waals surface area contributed by atoms with Crippen LogP contribution in [0.5, 0.6) is 0 Å². The third kappa shape index (κ3) is 3.69. The van der Waals surface area contributed by atoms with Gasteiger partial charge < -0.3 is 0 Å². The zero-order chi connectivity index (χ0) is 14.9. The molecule has 1 aliphatic heterocycles. The number of carbonyl (C=O) groups excluding carboxylic acids is 1. The van der Waals surface area contributed by atoms with Gasteiger partial charge in [0.25, 0.3) is 0 Å². The Balaban J connectivity index is 2.09. The smallest absolute Gasteiger partial charge is 0.278 e. The van der Waals surface area contributed by atoms with Gasteiger partial charge in [0.15, 0.2) is 0 Å². The van der Waals surface area contributed by atoms with Gasteiger partial charge in [-0.1, -0.05) is 49.2 Å². The van der Waals surface area contributed by atoms with E-state index in [0.29, 0.717) is 17.9 Å². The minimum absolute atomic E-state index is 0.233. The standard InChI is InChI=1S/C12H14Cl2FN3OS/c1-8(2)9-3-5-10(6-4-9)17-7-16-18(11(17)19)20-12(13,14)15/h3-6,8,16H,7H2,1-2H3. The summed E-state index contributed by atoms with van der Waals surface area (Å²) >= 11 is 10.8. The largest absolute Gasteiger partial charge is 0.350 e. The second-order valence-electron chi connectivity index (χ2n) is 4.60.